The largest absolute Gasteiger partial charge is 0.481 e. The Bertz CT molecular complexity index is 459. The average molecular weight is 234 g/mol. The summed E-state index contributed by atoms with van der Waals surface area (Å²) in [5.74, 6) is -1.23. The summed E-state index contributed by atoms with van der Waals surface area (Å²) in [7, 11) is 1.76. The molecule has 90 valence electrons. The number of anilines is 1. The van der Waals surface area contributed by atoms with Crippen LogP contribution in [0.2, 0.25) is 0 Å². The van der Waals surface area contributed by atoms with Crippen LogP contribution < -0.4 is 5.32 Å². The highest BCUT2D eigenvalue weighted by Crippen LogP contribution is 2.22. The molecule has 0 bridgehead atoms. The molecule has 0 aromatic heterocycles. The van der Waals surface area contributed by atoms with E-state index in [0.29, 0.717) is 6.54 Å². The first-order valence-electron chi connectivity index (χ1n) is 5.38. The third-order valence-electron chi connectivity index (χ3n) is 2.90. The highest BCUT2D eigenvalue weighted by Gasteiger charge is 2.29. The number of nitrogens with one attached hydrogen (secondary N) is 1. The first-order chi connectivity index (χ1) is 8.08. The Morgan fingerprint density at radius 1 is 1.53 bits per heavy atom. The van der Waals surface area contributed by atoms with Crippen LogP contribution in [0, 0.1) is 0 Å². The van der Waals surface area contributed by atoms with Gasteiger partial charge in [0, 0.05) is 12.2 Å². The van der Waals surface area contributed by atoms with Crippen molar-refractivity contribution in [3.8, 4) is 0 Å². The number of amides is 1. The lowest BCUT2D eigenvalue weighted by Crippen LogP contribution is -2.40. The first kappa shape index (κ1) is 11.6. The van der Waals surface area contributed by atoms with E-state index < -0.39 is 12.0 Å². The number of carboxylic acid groups (broad SMARTS) is 1. The second kappa shape index (κ2) is 4.55. The predicted molar refractivity (Wildman–Crippen MR) is 62.6 cm³/mol. The Balaban J connectivity index is 2.28. The van der Waals surface area contributed by atoms with Gasteiger partial charge in [-0.1, -0.05) is 18.2 Å². The van der Waals surface area contributed by atoms with E-state index >= 15 is 0 Å². The molecule has 1 aliphatic heterocycles. The molecule has 0 saturated carbocycles. The Kier molecular flexibility index (Phi) is 3.10. The predicted octanol–water partition coefficient (Wildman–Crippen LogP) is 0.914. The van der Waals surface area contributed by atoms with Crippen molar-refractivity contribution in [1.29, 1.82) is 0 Å². The van der Waals surface area contributed by atoms with E-state index in [9.17, 15) is 9.59 Å². The van der Waals surface area contributed by atoms with Crippen molar-refractivity contribution in [2.45, 2.75) is 19.0 Å². The van der Waals surface area contributed by atoms with Crippen LogP contribution in [0.4, 0.5) is 5.69 Å². The van der Waals surface area contributed by atoms with E-state index in [-0.39, 0.29) is 12.3 Å². The molecule has 1 unspecified atom stereocenters. The van der Waals surface area contributed by atoms with E-state index in [0.717, 1.165) is 11.3 Å². The second-order valence-corrected chi connectivity index (χ2v) is 4.18. The minimum atomic E-state index is -0.969. The second-order valence-electron chi connectivity index (χ2n) is 4.18. The van der Waals surface area contributed by atoms with Crippen molar-refractivity contribution < 1.29 is 14.7 Å². The molecule has 1 heterocycles. The zero-order chi connectivity index (χ0) is 12.4. The average Bonchev–Trinajstić information content (AvgIpc) is 2.38. The number of carbonyl (C=O) groups is 2. The Hall–Kier alpha value is -1.88. The molecule has 0 radical (unpaired) electrons. The molecule has 0 spiro atoms. The third-order valence-corrected chi connectivity index (χ3v) is 2.90. The van der Waals surface area contributed by atoms with Gasteiger partial charge in [-0.15, -0.1) is 0 Å². The molecule has 5 heteroatoms. The van der Waals surface area contributed by atoms with Crippen molar-refractivity contribution in [3.63, 3.8) is 0 Å². The first-order valence-corrected chi connectivity index (χ1v) is 5.38. The summed E-state index contributed by atoms with van der Waals surface area (Å²) >= 11 is 0. The number of carboxylic acids is 1. The van der Waals surface area contributed by atoms with Crippen LogP contribution in [0.1, 0.15) is 12.0 Å². The molecule has 0 aliphatic carbocycles. The Morgan fingerprint density at radius 3 is 2.94 bits per heavy atom. The highest BCUT2D eigenvalue weighted by molar-refractivity contribution is 5.98. The number of likely N-dealkylation sites (N-methyl/N-ethyl adjacent to an activating group) is 1. The number of para-hydroxylation sites is 1. The molecule has 1 aliphatic rings. The molecule has 1 amide bonds. The minimum absolute atomic E-state index is 0.184. The zero-order valence-corrected chi connectivity index (χ0v) is 9.51. The molecule has 0 fully saturated rings. The van der Waals surface area contributed by atoms with Gasteiger partial charge in [0.15, 0.2) is 0 Å². The number of nitrogens with zero attached hydrogens (tertiary/aromatic N) is 1. The number of benzene rings is 1. The Morgan fingerprint density at radius 2 is 2.24 bits per heavy atom. The van der Waals surface area contributed by atoms with Crippen molar-refractivity contribution in [1.82, 2.24) is 4.90 Å². The van der Waals surface area contributed by atoms with Crippen LogP contribution in [0.5, 0.6) is 0 Å². The fourth-order valence-electron chi connectivity index (χ4n) is 1.99. The lowest BCUT2D eigenvalue weighted by molar-refractivity contribution is -0.140. The maximum Gasteiger partial charge on any atom is 0.305 e. The molecule has 2 N–H and O–H groups in total. The third kappa shape index (κ3) is 2.45. The van der Waals surface area contributed by atoms with E-state index in [4.69, 9.17) is 5.11 Å². The van der Waals surface area contributed by atoms with Gasteiger partial charge in [-0.05, 0) is 18.7 Å². The van der Waals surface area contributed by atoms with Gasteiger partial charge in [0.05, 0.1) is 6.42 Å². The van der Waals surface area contributed by atoms with Gasteiger partial charge in [0.25, 0.3) is 0 Å². The molecule has 1 aromatic rings. The van der Waals surface area contributed by atoms with Crippen LogP contribution in [0.15, 0.2) is 24.3 Å². The zero-order valence-electron chi connectivity index (χ0n) is 9.51. The van der Waals surface area contributed by atoms with Crippen molar-refractivity contribution >= 4 is 17.6 Å². The minimum Gasteiger partial charge on any atom is -0.481 e. The summed E-state index contributed by atoms with van der Waals surface area (Å²) in [6.07, 6.45) is -0.184. The normalized spacial score (nSPS) is 20.3. The summed E-state index contributed by atoms with van der Waals surface area (Å²) in [6, 6.07) is 6.87. The van der Waals surface area contributed by atoms with Crippen molar-refractivity contribution in [3.05, 3.63) is 29.8 Å². The fourth-order valence-corrected chi connectivity index (χ4v) is 1.99. The van der Waals surface area contributed by atoms with E-state index in [1.54, 1.807) is 11.9 Å². The quantitative estimate of drug-likeness (QED) is 0.798. The summed E-state index contributed by atoms with van der Waals surface area (Å²) < 4.78 is 0. The Labute approximate surface area is 99.0 Å². The standard InChI is InChI=1S/C12H14N2O3/c1-14-7-8-4-2-3-5-9(8)13-12(17)10(14)6-11(15)16/h2-5,10H,6-7H2,1H3,(H,13,17)(H,15,16). The molecule has 1 atom stereocenters. The van der Waals surface area contributed by atoms with Crippen LogP contribution in [-0.4, -0.2) is 35.0 Å². The molecule has 1 aromatic carbocycles. The van der Waals surface area contributed by atoms with Crippen LogP contribution in [-0.2, 0) is 16.1 Å². The molecular weight excluding hydrogens is 220 g/mol. The molecular formula is C12H14N2O3. The maximum atomic E-state index is 11.9. The van der Waals surface area contributed by atoms with Gasteiger partial charge in [0.2, 0.25) is 5.91 Å². The van der Waals surface area contributed by atoms with Gasteiger partial charge in [0.1, 0.15) is 6.04 Å². The number of carbonyl (C=O) groups excluding carboxylic acids is 1. The summed E-state index contributed by atoms with van der Waals surface area (Å²) in [5.41, 5.74) is 1.76. The van der Waals surface area contributed by atoms with Crippen molar-refractivity contribution in [2.75, 3.05) is 12.4 Å². The van der Waals surface area contributed by atoms with E-state index in [2.05, 4.69) is 5.32 Å². The highest BCUT2D eigenvalue weighted by atomic mass is 16.4. The van der Waals surface area contributed by atoms with Gasteiger partial charge in [-0.2, -0.15) is 0 Å². The number of aliphatic carboxylic acids is 1. The summed E-state index contributed by atoms with van der Waals surface area (Å²) in [4.78, 5) is 24.4. The lowest BCUT2D eigenvalue weighted by Gasteiger charge is -2.22. The summed E-state index contributed by atoms with van der Waals surface area (Å²) in [6.45, 7) is 0.562. The monoisotopic (exact) mass is 234 g/mol. The lowest BCUT2D eigenvalue weighted by atomic mass is 10.1. The van der Waals surface area contributed by atoms with Crippen LogP contribution in [0.25, 0.3) is 0 Å². The number of hydrogen-bond acceptors (Lipinski definition) is 3. The fraction of sp³-hybridized carbons (Fsp3) is 0.333. The van der Waals surface area contributed by atoms with Gasteiger partial charge in [-0.25, -0.2) is 0 Å². The number of fused-ring (bicyclic) bond motifs is 1. The SMILES string of the molecule is CN1Cc2ccccc2NC(=O)C1CC(=O)O. The molecule has 17 heavy (non-hydrogen) atoms. The van der Waals surface area contributed by atoms with Crippen LogP contribution in [0.3, 0.4) is 0 Å². The van der Waals surface area contributed by atoms with Crippen LogP contribution >= 0.6 is 0 Å². The topological polar surface area (TPSA) is 69.6 Å². The molecule has 0 saturated heterocycles. The number of rotatable bonds is 2. The van der Waals surface area contributed by atoms with Gasteiger partial charge in [-0.3, -0.25) is 14.5 Å². The maximum absolute atomic E-state index is 11.9. The van der Waals surface area contributed by atoms with E-state index in [1.807, 2.05) is 24.3 Å². The van der Waals surface area contributed by atoms with Gasteiger partial charge >= 0.3 is 5.97 Å². The summed E-state index contributed by atoms with van der Waals surface area (Å²) in [5, 5.41) is 11.6. The van der Waals surface area contributed by atoms with E-state index in [1.165, 1.54) is 0 Å². The molecule has 5 nitrogen and oxygen atoms in total. The van der Waals surface area contributed by atoms with Gasteiger partial charge < -0.3 is 10.4 Å². The smallest absolute Gasteiger partial charge is 0.305 e. The molecule has 2 rings (SSSR count). The van der Waals surface area contributed by atoms with Crippen molar-refractivity contribution in [2.24, 2.45) is 0 Å². The number of hydrogen-bond donors (Lipinski definition) is 2.